The zero-order valence-electron chi connectivity index (χ0n) is 11.6. The molecule has 0 unspecified atom stereocenters. The molecule has 2 aromatic rings. The fraction of sp³-hybridized carbons (Fsp3) is 0.143. The molecule has 0 spiro atoms. The van der Waals surface area contributed by atoms with E-state index in [-0.39, 0.29) is 0 Å². The molecule has 0 bridgehead atoms. The maximum Gasteiger partial charge on any atom is 0.394 e. The van der Waals surface area contributed by atoms with E-state index in [0.717, 1.165) is 0 Å². The maximum atomic E-state index is 8.76. The molecule has 0 aliphatic carbocycles. The Morgan fingerprint density at radius 1 is 0.667 bits per heavy atom. The number of aryl methyl sites for hydroxylation is 2. The first-order valence-corrected chi connectivity index (χ1v) is 7.19. The minimum atomic E-state index is -4.67. The van der Waals surface area contributed by atoms with Crippen molar-refractivity contribution in [3.8, 4) is 11.5 Å². The van der Waals surface area contributed by atoms with Crippen molar-refractivity contribution >= 4 is 10.4 Å². The van der Waals surface area contributed by atoms with Gasteiger partial charge in [-0.05, 0) is 38.1 Å². The molecule has 0 amide bonds. The van der Waals surface area contributed by atoms with Gasteiger partial charge in [-0.2, -0.15) is 8.42 Å². The molecule has 0 atom stereocenters. The second-order valence-electron chi connectivity index (χ2n) is 4.12. The van der Waals surface area contributed by atoms with Gasteiger partial charge in [-0.1, -0.05) is 35.4 Å². The van der Waals surface area contributed by atoms with E-state index < -0.39 is 10.4 Å². The van der Waals surface area contributed by atoms with Crippen LogP contribution in [0, 0.1) is 13.8 Å². The fourth-order valence-electron chi connectivity index (χ4n) is 1.09. The summed E-state index contributed by atoms with van der Waals surface area (Å²) in [6.45, 7) is 3.97. The normalized spacial score (nSPS) is 9.71. The van der Waals surface area contributed by atoms with Crippen LogP contribution in [0.15, 0.2) is 48.5 Å². The molecule has 4 N–H and O–H groups in total. The Morgan fingerprint density at radius 2 is 0.857 bits per heavy atom. The number of phenolic OH excluding ortho intramolecular Hbond substituents is 2. The Bertz CT molecular complexity index is 524. The summed E-state index contributed by atoms with van der Waals surface area (Å²) in [6.07, 6.45) is 0. The molecule has 7 heteroatoms. The molecule has 0 saturated heterocycles. The standard InChI is InChI=1S/2C7H8O.H2O4S/c2*1-6-2-4-7(8)5-3-6;1-5(2,3)4/h2*2-5,8H,1H3;(H2,1,2,3,4). The van der Waals surface area contributed by atoms with Crippen LogP contribution in [0.3, 0.4) is 0 Å². The number of phenols is 2. The van der Waals surface area contributed by atoms with Gasteiger partial charge in [-0.15, -0.1) is 0 Å². The lowest BCUT2D eigenvalue weighted by Crippen LogP contribution is -1.89. The largest absolute Gasteiger partial charge is 0.508 e. The summed E-state index contributed by atoms with van der Waals surface area (Å²) >= 11 is 0. The molecular formula is C14H18O6S. The lowest BCUT2D eigenvalue weighted by atomic mass is 10.2. The van der Waals surface area contributed by atoms with Gasteiger partial charge >= 0.3 is 10.4 Å². The third kappa shape index (κ3) is 14.1. The van der Waals surface area contributed by atoms with E-state index in [9.17, 15) is 0 Å². The topological polar surface area (TPSA) is 115 Å². The summed E-state index contributed by atoms with van der Waals surface area (Å²) in [4.78, 5) is 0. The minimum absolute atomic E-state index is 0.329. The Morgan fingerprint density at radius 3 is 1.00 bits per heavy atom. The van der Waals surface area contributed by atoms with E-state index >= 15 is 0 Å². The van der Waals surface area contributed by atoms with Gasteiger partial charge in [0.05, 0.1) is 0 Å². The van der Waals surface area contributed by atoms with Crippen LogP contribution in [0.2, 0.25) is 0 Å². The Balaban J connectivity index is 0.000000296. The molecule has 116 valence electrons. The predicted octanol–water partition coefficient (Wildman–Crippen LogP) is 2.75. The molecule has 0 aliphatic heterocycles. The second-order valence-corrected chi connectivity index (χ2v) is 5.01. The quantitative estimate of drug-likeness (QED) is 0.556. The summed E-state index contributed by atoms with van der Waals surface area (Å²) in [5.74, 6) is 0.659. The van der Waals surface area contributed by atoms with Gasteiger partial charge in [-0.3, -0.25) is 9.11 Å². The van der Waals surface area contributed by atoms with Gasteiger partial charge in [0.2, 0.25) is 0 Å². The van der Waals surface area contributed by atoms with Crippen molar-refractivity contribution in [1.29, 1.82) is 0 Å². The highest BCUT2D eigenvalue weighted by atomic mass is 32.3. The highest BCUT2D eigenvalue weighted by Gasteiger charge is 1.85. The van der Waals surface area contributed by atoms with Gasteiger partial charge in [-0.25, -0.2) is 0 Å². The van der Waals surface area contributed by atoms with Crippen molar-refractivity contribution in [3.05, 3.63) is 59.7 Å². The first-order valence-electron chi connectivity index (χ1n) is 5.79. The highest BCUT2D eigenvalue weighted by Crippen LogP contribution is 2.08. The lowest BCUT2D eigenvalue weighted by molar-refractivity contribution is 0.381. The third-order valence-electron chi connectivity index (χ3n) is 2.07. The molecule has 6 nitrogen and oxygen atoms in total. The van der Waals surface area contributed by atoms with Crippen molar-refractivity contribution in [2.75, 3.05) is 0 Å². The van der Waals surface area contributed by atoms with Gasteiger partial charge in [0.1, 0.15) is 11.5 Å². The molecule has 2 rings (SSSR count). The number of hydrogen-bond donors (Lipinski definition) is 4. The third-order valence-corrected chi connectivity index (χ3v) is 2.07. The Hall–Kier alpha value is -2.09. The summed E-state index contributed by atoms with van der Waals surface area (Å²) in [7, 11) is -4.67. The van der Waals surface area contributed by atoms with Crippen molar-refractivity contribution < 1.29 is 27.7 Å². The SMILES string of the molecule is Cc1ccc(O)cc1.Cc1ccc(O)cc1.O=S(=O)(O)O. The van der Waals surface area contributed by atoms with Crippen LogP contribution in [0.4, 0.5) is 0 Å². The van der Waals surface area contributed by atoms with Crippen LogP contribution < -0.4 is 0 Å². The average Bonchev–Trinajstić information content (AvgIpc) is 2.35. The highest BCUT2D eigenvalue weighted by molar-refractivity contribution is 7.79. The molecule has 0 aromatic heterocycles. The molecular weight excluding hydrogens is 296 g/mol. The van der Waals surface area contributed by atoms with Gasteiger partial charge in [0.15, 0.2) is 0 Å². The predicted molar refractivity (Wildman–Crippen MR) is 79.9 cm³/mol. The number of aromatic hydroxyl groups is 2. The molecule has 21 heavy (non-hydrogen) atoms. The van der Waals surface area contributed by atoms with Crippen LogP contribution >= 0.6 is 0 Å². The Kier molecular flexibility index (Phi) is 8.07. The van der Waals surface area contributed by atoms with Crippen molar-refractivity contribution in [1.82, 2.24) is 0 Å². The van der Waals surface area contributed by atoms with E-state index in [1.54, 1.807) is 24.3 Å². The van der Waals surface area contributed by atoms with Crippen LogP contribution in [-0.4, -0.2) is 27.7 Å². The number of hydrogen-bond acceptors (Lipinski definition) is 4. The van der Waals surface area contributed by atoms with E-state index in [4.69, 9.17) is 27.7 Å². The molecule has 0 radical (unpaired) electrons. The van der Waals surface area contributed by atoms with Crippen LogP contribution in [0.1, 0.15) is 11.1 Å². The lowest BCUT2D eigenvalue weighted by Gasteiger charge is -1.89. The van der Waals surface area contributed by atoms with E-state index in [2.05, 4.69) is 0 Å². The monoisotopic (exact) mass is 314 g/mol. The molecule has 0 fully saturated rings. The van der Waals surface area contributed by atoms with Crippen molar-refractivity contribution in [2.24, 2.45) is 0 Å². The summed E-state index contributed by atoms with van der Waals surface area (Å²) in [5, 5.41) is 17.5. The van der Waals surface area contributed by atoms with Crippen molar-refractivity contribution in [2.45, 2.75) is 13.8 Å². The van der Waals surface area contributed by atoms with E-state index in [0.29, 0.717) is 11.5 Å². The second kappa shape index (κ2) is 8.96. The Labute approximate surface area is 123 Å². The molecule has 0 saturated carbocycles. The smallest absolute Gasteiger partial charge is 0.394 e. The first-order chi connectivity index (χ1) is 9.58. The zero-order valence-corrected chi connectivity index (χ0v) is 12.4. The van der Waals surface area contributed by atoms with Gasteiger partial charge < -0.3 is 10.2 Å². The summed E-state index contributed by atoms with van der Waals surface area (Å²) in [5.41, 5.74) is 2.34. The summed E-state index contributed by atoms with van der Waals surface area (Å²) in [6, 6.07) is 14.2. The first kappa shape index (κ1) is 18.9. The van der Waals surface area contributed by atoms with Crippen LogP contribution in [0.5, 0.6) is 11.5 Å². The zero-order chi connectivity index (χ0) is 16.5. The number of benzene rings is 2. The summed E-state index contributed by atoms with van der Waals surface area (Å²) < 4.78 is 31.6. The van der Waals surface area contributed by atoms with Gasteiger partial charge in [0, 0.05) is 0 Å². The molecule has 0 heterocycles. The van der Waals surface area contributed by atoms with Crippen molar-refractivity contribution in [3.63, 3.8) is 0 Å². The minimum Gasteiger partial charge on any atom is -0.508 e. The van der Waals surface area contributed by atoms with Gasteiger partial charge in [0.25, 0.3) is 0 Å². The number of rotatable bonds is 0. The van der Waals surface area contributed by atoms with Crippen LogP contribution in [-0.2, 0) is 10.4 Å². The fourth-order valence-corrected chi connectivity index (χ4v) is 1.09. The maximum absolute atomic E-state index is 8.76. The van der Waals surface area contributed by atoms with Crippen LogP contribution in [0.25, 0.3) is 0 Å². The van der Waals surface area contributed by atoms with E-state index in [1.807, 2.05) is 38.1 Å². The average molecular weight is 314 g/mol. The molecule has 0 aliphatic rings. The van der Waals surface area contributed by atoms with E-state index in [1.165, 1.54) is 11.1 Å². The molecule has 2 aromatic carbocycles.